The Bertz CT molecular complexity index is 773. The molecule has 0 bridgehead atoms. The second kappa shape index (κ2) is 6.36. The molecule has 0 spiro atoms. The van der Waals surface area contributed by atoms with Gasteiger partial charge < -0.3 is 0 Å². The fourth-order valence-corrected chi connectivity index (χ4v) is 3.61. The van der Waals surface area contributed by atoms with Gasteiger partial charge in [0, 0.05) is 0 Å². The van der Waals surface area contributed by atoms with E-state index in [9.17, 15) is 17.6 Å². The van der Waals surface area contributed by atoms with Crippen LogP contribution in [0.15, 0.2) is 35.1 Å². The molecule has 0 fully saturated rings. The van der Waals surface area contributed by atoms with Gasteiger partial charge in [0.25, 0.3) is 0 Å². The van der Waals surface area contributed by atoms with Crippen LogP contribution in [0.4, 0.5) is 4.39 Å². The first-order valence-corrected chi connectivity index (χ1v) is 8.23. The van der Waals surface area contributed by atoms with Crippen LogP contribution >= 0.6 is 0 Å². The van der Waals surface area contributed by atoms with Crippen LogP contribution in [0.5, 0.6) is 0 Å². The number of hydrogen-bond acceptors (Lipinski definition) is 5. The average Bonchev–Trinajstić information content (AvgIpc) is 2.90. The van der Waals surface area contributed by atoms with E-state index in [0.717, 1.165) is 4.68 Å². The molecule has 0 saturated carbocycles. The molecule has 1 atom stereocenters. The van der Waals surface area contributed by atoms with Gasteiger partial charge in [0.2, 0.25) is 10.0 Å². The van der Waals surface area contributed by atoms with Crippen molar-refractivity contribution in [1.29, 1.82) is 0 Å². The Morgan fingerprint density at radius 2 is 2.00 bits per heavy atom. The maximum absolute atomic E-state index is 12.7. The first-order chi connectivity index (χ1) is 10.4. The SMILES string of the molecule is NS(=O)(=O)CC(CCCF)(c1ccccc1)n1nn[nH]c1=O. The molecule has 0 radical (unpaired) electrons. The summed E-state index contributed by atoms with van der Waals surface area (Å²) in [5.74, 6) is -0.587. The van der Waals surface area contributed by atoms with Gasteiger partial charge in [-0.05, 0) is 28.8 Å². The predicted molar refractivity (Wildman–Crippen MR) is 77.3 cm³/mol. The minimum absolute atomic E-state index is 0.0381. The van der Waals surface area contributed by atoms with Crippen LogP contribution in [0.25, 0.3) is 0 Å². The number of nitrogens with zero attached hydrogens (tertiary/aromatic N) is 3. The van der Waals surface area contributed by atoms with Gasteiger partial charge in [0.1, 0.15) is 5.54 Å². The molecule has 0 aliphatic carbocycles. The molecule has 0 aliphatic heterocycles. The second-order valence-corrected chi connectivity index (χ2v) is 6.53. The molecule has 1 aromatic heterocycles. The summed E-state index contributed by atoms with van der Waals surface area (Å²) in [4.78, 5) is 11.9. The Balaban J connectivity index is 2.68. The molecule has 0 saturated heterocycles. The van der Waals surface area contributed by atoms with Crippen LogP contribution in [0, 0.1) is 0 Å². The normalized spacial score (nSPS) is 14.6. The lowest BCUT2D eigenvalue weighted by Crippen LogP contribution is -2.48. The third-order valence-corrected chi connectivity index (χ3v) is 4.23. The second-order valence-electron chi connectivity index (χ2n) is 4.92. The van der Waals surface area contributed by atoms with Crippen molar-refractivity contribution in [3.63, 3.8) is 0 Å². The largest absolute Gasteiger partial charge is 0.361 e. The van der Waals surface area contributed by atoms with Crippen molar-refractivity contribution in [2.24, 2.45) is 5.14 Å². The van der Waals surface area contributed by atoms with E-state index in [1.54, 1.807) is 30.3 Å². The quantitative estimate of drug-likeness (QED) is 0.725. The van der Waals surface area contributed by atoms with E-state index in [4.69, 9.17) is 5.14 Å². The Labute approximate surface area is 126 Å². The van der Waals surface area contributed by atoms with Gasteiger partial charge >= 0.3 is 5.69 Å². The lowest BCUT2D eigenvalue weighted by Gasteiger charge is -2.32. The summed E-state index contributed by atoms with van der Waals surface area (Å²) in [5, 5.41) is 14.4. The number of primary sulfonamides is 1. The minimum Gasteiger partial charge on any atom is -0.251 e. The van der Waals surface area contributed by atoms with Gasteiger partial charge in [-0.3, -0.25) is 4.39 Å². The fraction of sp³-hybridized carbons (Fsp3) is 0.417. The first kappa shape index (κ1) is 16.3. The van der Waals surface area contributed by atoms with Crippen molar-refractivity contribution in [2.45, 2.75) is 18.4 Å². The molecule has 2 aromatic rings. The highest BCUT2D eigenvalue weighted by molar-refractivity contribution is 7.89. The Hall–Kier alpha value is -2.07. The molecular formula is C12H16FN5O3S. The number of H-pyrrole nitrogens is 1. The Morgan fingerprint density at radius 1 is 1.32 bits per heavy atom. The average molecular weight is 329 g/mol. The monoisotopic (exact) mass is 329 g/mol. The molecule has 1 unspecified atom stereocenters. The van der Waals surface area contributed by atoms with E-state index in [1.165, 1.54) is 0 Å². The zero-order chi connectivity index (χ0) is 16.2. The van der Waals surface area contributed by atoms with Crippen LogP contribution in [0.3, 0.4) is 0 Å². The number of rotatable bonds is 7. The molecule has 0 amide bonds. The highest BCUT2D eigenvalue weighted by Crippen LogP contribution is 2.31. The van der Waals surface area contributed by atoms with Gasteiger partial charge in [-0.2, -0.15) is 4.68 Å². The summed E-state index contributed by atoms with van der Waals surface area (Å²) in [6.07, 6.45) is 0.0834. The molecule has 2 rings (SSSR count). The number of aromatic amines is 1. The lowest BCUT2D eigenvalue weighted by atomic mass is 9.87. The third-order valence-electron chi connectivity index (χ3n) is 3.35. The summed E-state index contributed by atoms with van der Waals surface area (Å²) < 4.78 is 37.0. The summed E-state index contributed by atoms with van der Waals surface area (Å²) in [5.41, 5.74) is -1.61. The number of aromatic nitrogens is 4. The molecule has 1 heterocycles. The smallest absolute Gasteiger partial charge is 0.251 e. The maximum atomic E-state index is 12.7. The van der Waals surface area contributed by atoms with E-state index in [-0.39, 0.29) is 12.8 Å². The number of halogens is 1. The van der Waals surface area contributed by atoms with Crippen molar-refractivity contribution in [3.05, 3.63) is 46.4 Å². The lowest BCUT2D eigenvalue weighted by molar-refractivity contribution is 0.291. The van der Waals surface area contributed by atoms with Crippen LogP contribution in [0.1, 0.15) is 18.4 Å². The Kier molecular flexibility index (Phi) is 4.71. The maximum Gasteiger partial charge on any atom is 0.361 e. The summed E-state index contributed by atoms with van der Waals surface area (Å²) >= 11 is 0. The summed E-state index contributed by atoms with van der Waals surface area (Å²) in [7, 11) is -3.97. The highest BCUT2D eigenvalue weighted by Gasteiger charge is 2.40. The standard InChI is InChI=1S/C12H16FN5O3S/c13-8-4-7-12(9-22(14,20)21,10-5-2-1-3-6-10)18-11(19)15-16-17-18/h1-3,5-6H,4,7-9H2,(H2,14,20,21)(H,15,17,19). The van der Waals surface area contributed by atoms with Crippen LogP contribution in [-0.2, 0) is 15.6 Å². The third kappa shape index (κ3) is 3.39. The van der Waals surface area contributed by atoms with Crippen molar-refractivity contribution >= 4 is 10.0 Å². The molecule has 120 valence electrons. The zero-order valence-electron chi connectivity index (χ0n) is 11.6. The number of sulfonamides is 1. The van der Waals surface area contributed by atoms with Crippen LogP contribution in [-0.4, -0.2) is 41.1 Å². The van der Waals surface area contributed by atoms with E-state index < -0.39 is 33.7 Å². The molecule has 10 heteroatoms. The van der Waals surface area contributed by atoms with Crippen LogP contribution < -0.4 is 10.8 Å². The van der Waals surface area contributed by atoms with Gasteiger partial charge in [-0.1, -0.05) is 30.3 Å². The molecule has 1 aromatic carbocycles. The molecule has 0 aliphatic rings. The molecule has 8 nitrogen and oxygen atoms in total. The van der Waals surface area contributed by atoms with Crippen molar-refractivity contribution < 1.29 is 12.8 Å². The summed E-state index contributed by atoms with van der Waals surface area (Å²) in [6.45, 7) is -0.661. The highest BCUT2D eigenvalue weighted by atomic mass is 32.2. The number of tetrazole rings is 1. The number of nitrogens with two attached hydrogens (primary N) is 1. The van der Waals surface area contributed by atoms with E-state index in [1.807, 2.05) is 0 Å². The van der Waals surface area contributed by atoms with Gasteiger partial charge in [-0.15, -0.1) is 0 Å². The van der Waals surface area contributed by atoms with Crippen molar-refractivity contribution in [3.8, 4) is 0 Å². The van der Waals surface area contributed by atoms with E-state index in [0.29, 0.717) is 5.56 Å². The predicted octanol–water partition coefficient (Wildman–Crippen LogP) is -0.252. The van der Waals surface area contributed by atoms with E-state index >= 15 is 0 Å². The van der Waals surface area contributed by atoms with E-state index in [2.05, 4.69) is 15.5 Å². The van der Waals surface area contributed by atoms with Gasteiger partial charge in [0.15, 0.2) is 0 Å². The molecular weight excluding hydrogens is 313 g/mol. The minimum atomic E-state index is -3.97. The fourth-order valence-electron chi connectivity index (χ4n) is 2.51. The number of alkyl halides is 1. The van der Waals surface area contributed by atoms with Crippen molar-refractivity contribution in [2.75, 3.05) is 12.4 Å². The Morgan fingerprint density at radius 3 is 2.50 bits per heavy atom. The first-order valence-electron chi connectivity index (χ1n) is 6.52. The number of hydrogen-bond donors (Lipinski definition) is 2. The molecule has 3 N–H and O–H groups in total. The molecule has 22 heavy (non-hydrogen) atoms. The zero-order valence-corrected chi connectivity index (χ0v) is 12.5. The van der Waals surface area contributed by atoms with Crippen molar-refractivity contribution in [1.82, 2.24) is 20.2 Å². The summed E-state index contributed by atoms with van der Waals surface area (Å²) in [6, 6.07) is 8.41. The van der Waals surface area contributed by atoms with Crippen LogP contribution in [0.2, 0.25) is 0 Å². The van der Waals surface area contributed by atoms with Gasteiger partial charge in [-0.25, -0.2) is 23.4 Å². The number of nitrogens with one attached hydrogen (secondary N) is 1. The topological polar surface area (TPSA) is 124 Å². The number of benzene rings is 1. The van der Waals surface area contributed by atoms with Gasteiger partial charge in [0.05, 0.1) is 12.4 Å².